The Bertz CT molecular complexity index is 858. The molecule has 3 rings (SSSR count). The van der Waals surface area contributed by atoms with Crippen molar-refractivity contribution in [2.45, 2.75) is 25.9 Å². The van der Waals surface area contributed by atoms with Gasteiger partial charge < -0.3 is 26.0 Å². The minimum atomic E-state index is -0.659. The van der Waals surface area contributed by atoms with Crippen molar-refractivity contribution < 1.29 is 14.3 Å². The molecule has 0 bridgehead atoms. The van der Waals surface area contributed by atoms with Gasteiger partial charge in [0.25, 0.3) is 0 Å². The fourth-order valence-electron chi connectivity index (χ4n) is 3.32. The molecule has 0 aliphatic carbocycles. The van der Waals surface area contributed by atoms with Gasteiger partial charge in [-0.25, -0.2) is 4.79 Å². The molecule has 1 atom stereocenters. The molecule has 8 heteroatoms. The van der Waals surface area contributed by atoms with E-state index in [0.717, 1.165) is 28.1 Å². The summed E-state index contributed by atoms with van der Waals surface area (Å²) in [5, 5.41) is 5.76. The molecular formula is C21H27ClN4O3. The van der Waals surface area contributed by atoms with Gasteiger partial charge in [-0.1, -0.05) is 29.8 Å². The van der Waals surface area contributed by atoms with Crippen LogP contribution in [0.1, 0.15) is 16.7 Å². The van der Waals surface area contributed by atoms with E-state index in [2.05, 4.69) is 10.6 Å². The number of ether oxygens (including phenoxy) is 1. The first-order valence-corrected chi connectivity index (χ1v) is 9.26. The van der Waals surface area contributed by atoms with Crippen molar-refractivity contribution in [1.82, 2.24) is 4.90 Å². The summed E-state index contributed by atoms with van der Waals surface area (Å²) in [6.07, 6.45) is 0.655. The summed E-state index contributed by atoms with van der Waals surface area (Å²) < 4.78 is 4.98. The average molecular weight is 419 g/mol. The lowest BCUT2D eigenvalue weighted by Crippen LogP contribution is -2.47. The van der Waals surface area contributed by atoms with Gasteiger partial charge in [-0.3, -0.25) is 4.79 Å². The highest BCUT2D eigenvalue weighted by Gasteiger charge is 2.26. The van der Waals surface area contributed by atoms with Crippen LogP contribution in [0.2, 0.25) is 0 Å². The Balaban J connectivity index is 0.00000300. The van der Waals surface area contributed by atoms with Crippen LogP contribution in [0, 0.1) is 6.92 Å². The lowest BCUT2D eigenvalue weighted by atomic mass is 9.97. The minimum absolute atomic E-state index is 0. The van der Waals surface area contributed by atoms with Gasteiger partial charge in [-0.05, 0) is 42.7 Å². The monoisotopic (exact) mass is 418 g/mol. The zero-order valence-corrected chi connectivity index (χ0v) is 17.4. The largest absolute Gasteiger partial charge is 0.383 e. The van der Waals surface area contributed by atoms with E-state index < -0.39 is 6.04 Å². The van der Waals surface area contributed by atoms with E-state index in [9.17, 15) is 9.59 Å². The van der Waals surface area contributed by atoms with Crippen LogP contribution in [0.3, 0.4) is 0 Å². The van der Waals surface area contributed by atoms with Gasteiger partial charge in [0, 0.05) is 31.6 Å². The molecule has 1 aliphatic heterocycles. The van der Waals surface area contributed by atoms with Crippen LogP contribution in [0.15, 0.2) is 42.5 Å². The number of halogens is 1. The topological polar surface area (TPSA) is 96.7 Å². The third kappa shape index (κ3) is 5.69. The van der Waals surface area contributed by atoms with E-state index >= 15 is 0 Å². The molecule has 156 valence electrons. The number of aryl methyl sites for hydroxylation is 1. The number of nitrogens with zero attached hydrogens (tertiary/aromatic N) is 1. The molecule has 0 saturated heterocycles. The Morgan fingerprint density at radius 1 is 1.17 bits per heavy atom. The third-order valence-corrected chi connectivity index (χ3v) is 4.80. The van der Waals surface area contributed by atoms with E-state index in [4.69, 9.17) is 10.5 Å². The van der Waals surface area contributed by atoms with E-state index in [1.54, 1.807) is 4.90 Å². The summed E-state index contributed by atoms with van der Waals surface area (Å²) in [5.74, 6) is -0.122. The minimum Gasteiger partial charge on any atom is -0.383 e. The predicted octanol–water partition coefficient (Wildman–Crippen LogP) is 2.92. The summed E-state index contributed by atoms with van der Waals surface area (Å²) in [6.45, 7) is 3.22. The number of amides is 3. The van der Waals surface area contributed by atoms with Crippen LogP contribution >= 0.6 is 12.4 Å². The number of methoxy groups -OCH3 is 1. The maximum absolute atomic E-state index is 12.4. The second kappa shape index (κ2) is 10.2. The van der Waals surface area contributed by atoms with Crippen molar-refractivity contribution in [3.8, 4) is 0 Å². The van der Waals surface area contributed by atoms with Gasteiger partial charge in [0.05, 0.1) is 6.61 Å². The van der Waals surface area contributed by atoms with Crippen LogP contribution in [-0.2, 0) is 22.5 Å². The molecule has 0 saturated carbocycles. The number of carbonyl (C=O) groups excluding carboxylic acids is 2. The summed E-state index contributed by atoms with van der Waals surface area (Å²) in [5.41, 5.74) is 10.6. The van der Waals surface area contributed by atoms with Gasteiger partial charge in [0.2, 0.25) is 5.91 Å². The van der Waals surface area contributed by atoms with Gasteiger partial charge in [-0.2, -0.15) is 0 Å². The number of rotatable bonds is 5. The molecular weight excluding hydrogens is 392 g/mol. The van der Waals surface area contributed by atoms with E-state index in [-0.39, 0.29) is 31.0 Å². The van der Waals surface area contributed by atoms with Crippen molar-refractivity contribution in [1.29, 1.82) is 0 Å². The van der Waals surface area contributed by atoms with Gasteiger partial charge in [0.15, 0.2) is 0 Å². The number of carbonyl (C=O) groups is 2. The van der Waals surface area contributed by atoms with Gasteiger partial charge in [0.1, 0.15) is 6.04 Å². The lowest BCUT2D eigenvalue weighted by Gasteiger charge is -2.31. The normalized spacial score (nSPS) is 13.7. The van der Waals surface area contributed by atoms with Crippen molar-refractivity contribution >= 4 is 35.7 Å². The first-order chi connectivity index (χ1) is 13.5. The van der Waals surface area contributed by atoms with Crippen LogP contribution in [0.5, 0.6) is 0 Å². The van der Waals surface area contributed by atoms with Crippen LogP contribution in [-0.4, -0.2) is 43.1 Å². The molecule has 1 aliphatic rings. The summed E-state index contributed by atoms with van der Waals surface area (Å²) in [6, 6.07) is 12.4. The number of nitrogens with two attached hydrogens (primary N) is 1. The number of anilines is 2. The lowest BCUT2D eigenvalue weighted by molar-refractivity contribution is -0.134. The second-order valence-electron chi connectivity index (χ2n) is 6.96. The van der Waals surface area contributed by atoms with Crippen LogP contribution in [0.4, 0.5) is 16.2 Å². The molecule has 1 unspecified atom stereocenters. The van der Waals surface area contributed by atoms with E-state index in [0.29, 0.717) is 19.5 Å². The molecule has 2 aromatic rings. The highest BCUT2D eigenvalue weighted by molar-refractivity contribution is 6.00. The number of hydrogen-bond acceptors (Lipinski definition) is 4. The quantitative estimate of drug-likeness (QED) is 0.695. The Labute approximate surface area is 177 Å². The Morgan fingerprint density at radius 3 is 2.59 bits per heavy atom. The molecule has 0 fully saturated rings. The number of benzene rings is 2. The van der Waals surface area contributed by atoms with Crippen LogP contribution in [0.25, 0.3) is 0 Å². The fraction of sp³-hybridized carbons (Fsp3) is 0.333. The molecule has 0 spiro atoms. The molecule has 1 heterocycles. The molecule has 7 nitrogen and oxygen atoms in total. The van der Waals surface area contributed by atoms with E-state index in [1.165, 1.54) is 7.11 Å². The molecule has 4 N–H and O–H groups in total. The standard InChI is InChI=1S/C21H26N4O3.ClH/c1-14-6-8-16(9-7-14)23-21(27)24-19-5-3-4-15-12-25(11-10-17(15)19)20(26)18(22)13-28-2;/h3-9,18H,10-13,22H2,1-2H3,(H2,23,24,27);1H. The highest BCUT2D eigenvalue weighted by Crippen LogP contribution is 2.26. The van der Waals surface area contributed by atoms with Crippen molar-refractivity contribution in [3.63, 3.8) is 0 Å². The number of fused-ring (bicyclic) bond motifs is 1. The van der Waals surface area contributed by atoms with Crippen molar-refractivity contribution in [2.24, 2.45) is 5.73 Å². The SMILES string of the molecule is COCC(N)C(=O)N1CCc2c(cccc2NC(=O)Nc2ccc(C)cc2)C1.Cl. The van der Waals surface area contributed by atoms with Crippen molar-refractivity contribution in [3.05, 3.63) is 59.2 Å². The Hall–Kier alpha value is -2.61. The first kappa shape index (κ1) is 22.7. The maximum Gasteiger partial charge on any atom is 0.323 e. The zero-order chi connectivity index (χ0) is 20.1. The average Bonchev–Trinajstić information content (AvgIpc) is 2.69. The summed E-state index contributed by atoms with van der Waals surface area (Å²) in [4.78, 5) is 26.5. The molecule has 3 amide bonds. The molecule has 0 radical (unpaired) electrons. The fourth-order valence-corrected chi connectivity index (χ4v) is 3.32. The summed E-state index contributed by atoms with van der Waals surface area (Å²) >= 11 is 0. The van der Waals surface area contributed by atoms with Crippen molar-refractivity contribution in [2.75, 3.05) is 30.9 Å². The summed E-state index contributed by atoms with van der Waals surface area (Å²) in [7, 11) is 1.53. The number of hydrogen-bond donors (Lipinski definition) is 3. The Morgan fingerprint density at radius 2 is 1.90 bits per heavy atom. The smallest absolute Gasteiger partial charge is 0.323 e. The van der Waals surface area contributed by atoms with Gasteiger partial charge >= 0.3 is 6.03 Å². The zero-order valence-electron chi connectivity index (χ0n) is 16.6. The molecule has 0 aromatic heterocycles. The van der Waals surface area contributed by atoms with E-state index in [1.807, 2.05) is 49.4 Å². The second-order valence-corrected chi connectivity index (χ2v) is 6.96. The Kier molecular flexibility index (Phi) is 8.01. The van der Waals surface area contributed by atoms with Gasteiger partial charge in [-0.15, -0.1) is 12.4 Å². The van der Waals surface area contributed by atoms with Crippen LogP contribution < -0.4 is 16.4 Å². The number of urea groups is 1. The third-order valence-electron chi connectivity index (χ3n) is 4.80. The number of nitrogens with one attached hydrogen (secondary N) is 2. The first-order valence-electron chi connectivity index (χ1n) is 9.26. The maximum atomic E-state index is 12.4. The molecule has 29 heavy (non-hydrogen) atoms. The molecule has 2 aromatic carbocycles. The predicted molar refractivity (Wildman–Crippen MR) is 116 cm³/mol. The highest BCUT2D eigenvalue weighted by atomic mass is 35.5.